The second-order valence-electron chi connectivity index (χ2n) is 4.46. The smallest absolute Gasteiger partial charge is 0.339 e. The Labute approximate surface area is 100 Å². The highest BCUT2D eigenvalue weighted by Gasteiger charge is 2.13. The third-order valence-corrected chi connectivity index (χ3v) is 3.21. The summed E-state index contributed by atoms with van der Waals surface area (Å²) < 4.78 is 0. The van der Waals surface area contributed by atoms with Crippen LogP contribution >= 0.6 is 0 Å². The molecule has 1 saturated heterocycles. The van der Waals surface area contributed by atoms with Crippen LogP contribution in [0.3, 0.4) is 0 Å². The van der Waals surface area contributed by atoms with E-state index in [-0.39, 0.29) is 11.3 Å². The quantitative estimate of drug-likeness (QED) is 0.834. The summed E-state index contributed by atoms with van der Waals surface area (Å²) in [6.07, 6.45) is 3.35. The van der Waals surface area contributed by atoms with E-state index in [9.17, 15) is 9.90 Å². The van der Waals surface area contributed by atoms with Crippen molar-refractivity contribution in [2.45, 2.75) is 19.3 Å². The van der Waals surface area contributed by atoms with Gasteiger partial charge < -0.3 is 15.1 Å². The predicted molar refractivity (Wildman–Crippen MR) is 64.4 cm³/mol. The van der Waals surface area contributed by atoms with Crippen LogP contribution in [0.1, 0.15) is 28.8 Å². The molecule has 2 rings (SSSR count). The molecule has 1 aliphatic rings. The van der Waals surface area contributed by atoms with E-state index in [0.717, 1.165) is 31.6 Å². The largest absolute Gasteiger partial charge is 0.507 e. The number of carbonyl (C=O) groups is 1. The van der Waals surface area contributed by atoms with Gasteiger partial charge in [-0.2, -0.15) is 0 Å². The predicted octanol–water partition coefficient (Wildman–Crippen LogP) is 1.73. The van der Waals surface area contributed by atoms with Gasteiger partial charge >= 0.3 is 5.97 Å². The fraction of sp³-hybridized carbons (Fsp3) is 0.462. The molecule has 92 valence electrons. The minimum absolute atomic E-state index is 0.0103. The van der Waals surface area contributed by atoms with E-state index >= 15 is 0 Å². The van der Waals surface area contributed by atoms with Crippen LogP contribution in [0.15, 0.2) is 18.2 Å². The van der Waals surface area contributed by atoms with Gasteiger partial charge in [-0.3, -0.25) is 0 Å². The molecule has 1 aliphatic heterocycles. The number of carboxylic acids is 1. The van der Waals surface area contributed by atoms with Crippen LogP contribution in [0.25, 0.3) is 0 Å². The summed E-state index contributed by atoms with van der Waals surface area (Å²) in [5.41, 5.74) is 0.955. The van der Waals surface area contributed by atoms with Crippen molar-refractivity contribution in [3.05, 3.63) is 29.3 Å². The molecule has 0 aliphatic carbocycles. The molecular weight excluding hydrogens is 218 g/mol. The topological polar surface area (TPSA) is 60.8 Å². The normalized spacial score (nSPS) is 16.2. The molecular formula is C13H17NO3. The number of phenols is 1. The van der Waals surface area contributed by atoms with E-state index in [2.05, 4.69) is 4.90 Å². The van der Waals surface area contributed by atoms with Crippen LogP contribution in [0.2, 0.25) is 0 Å². The average Bonchev–Trinajstić information content (AvgIpc) is 2.80. The Bertz CT molecular complexity index is 411. The van der Waals surface area contributed by atoms with Crippen molar-refractivity contribution in [1.29, 1.82) is 0 Å². The highest BCUT2D eigenvalue weighted by molar-refractivity contribution is 5.90. The molecule has 0 atom stereocenters. The number of aromatic hydroxyl groups is 1. The fourth-order valence-corrected chi connectivity index (χ4v) is 2.20. The lowest BCUT2D eigenvalue weighted by Crippen LogP contribution is -2.22. The Balaban J connectivity index is 2.00. The lowest BCUT2D eigenvalue weighted by atomic mass is 10.1. The zero-order chi connectivity index (χ0) is 12.3. The van der Waals surface area contributed by atoms with Crippen molar-refractivity contribution in [3.63, 3.8) is 0 Å². The molecule has 4 nitrogen and oxygen atoms in total. The van der Waals surface area contributed by atoms with E-state index in [4.69, 9.17) is 5.11 Å². The van der Waals surface area contributed by atoms with Gasteiger partial charge in [0.05, 0.1) is 0 Å². The summed E-state index contributed by atoms with van der Waals surface area (Å²) in [4.78, 5) is 13.2. The van der Waals surface area contributed by atoms with E-state index in [1.807, 2.05) is 0 Å². The van der Waals surface area contributed by atoms with Gasteiger partial charge in [0.15, 0.2) is 0 Å². The monoisotopic (exact) mass is 235 g/mol. The molecule has 0 radical (unpaired) electrons. The van der Waals surface area contributed by atoms with Gasteiger partial charge in [0.2, 0.25) is 0 Å². The number of aromatic carboxylic acids is 1. The SMILES string of the molecule is O=C(O)c1cc(CCN2CCCC2)ccc1O. The molecule has 2 N–H and O–H groups in total. The molecule has 1 aromatic rings. The Morgan fingerprint density at radius 2 is 2.00 bits per heavy atom. The first-order valence-electron chi connectivity index (χ1n) is 5.94. The van der Waals surface area contributed by atoms with Crippen molar-refractivity contribution in [2.24, 2.45) is 0 Å². The highest BCUT2D eigenvalue weighted by Crippen LogP contribution is 2.19. The standard InChI is InChI=1S/C13H17NO3/c15-12-4-3-10(9-11(12)13(16)17)5-8-14-6-1-2-7-14/h3-4,9,15H,1-2,5-8H2,(H,16,17). The first kappa shape index (κ1) is 11.9. The molecule has 0 bridgehead atoms. The van der Waals surface area contributed by atoms with Gasteiger partial charge in [0, 0.05) is 6.54 Å². The lowest BCUT2D eigenvalue weighted by molar-refractivity contribution is 0.0693. The molecule has 0 unspecified atom stereocenters. The minimum Gasteiger partial charge on any atom is -0.507 e. The third-order valence-electron chi connectivity index (χ3n) is 3.21. The molecule has 0 amide bonds. The van der Waals surface area contributed by atoms with Gasteiger partial charge in [-0.05, 0) is 50.0 Å². The number of benzene rings is 1. The van der Waals surface area contributed by atoms with Crippen LogP contribution in [0.4, 0.5) is 0 Å². The van der Waals surface area contributed by atoms with Gasteiger partial charge in [-0.1, -0.05) is 6.07 Å². The summed E-state index contributed by atoms with van der Waals surface area (Å²) in [6, 6.07) is 4.81. The first-order valence-corrected chi connectivity index (χ1v) is 5.94. The second-order valence-corrected chi connectivity index (χ2v) is 4.46. The van der Waals surface area contributed by atoms with Crippen molar-refractivity contribution < 1.29 is 15.0 Å². The van der Waals surface area contributed by atoms with E-state index < -0.39 is 5.97 Å². The summed E-state index contributed by atoms with van der Waals surface area (Å²) in [5, 5.41) is 18.3. The second kappa shape index (κ2) is 5.19. The molecule has 0 saturated carbocycles. The van der Waals surface area contributed by atoms with E-state index in [0.29, 0.717) is 0 Å². The van der Waals surface area contributed by atoms with E-state index in [1.165, 1.54) is 18.9 Å². The van der Waals surface area contributed by atoms with Crippen molar-refractivity contribution in [1.82, 2.24) is 4.90 Å². The number of rotatable bonds is 4. The molecule has 17 heavy (non-hydrogen) atoms. The van der Waals surface area contributed by atoms with Crippen molar-refractivity contribution in [2.75, 3.05) is 19.6 Å². The zero-order valence-corrected chi connectivity index (χ0v) is 9.72. The summed E-state index contributed by atoms with van der Waals surface area (Å²) in [6.45, 7) is 3.25. The Hall–Kier alpha value is -1.55. The number of hydrogen-bond acceptors (Lipinski definition) is 3. The first-order chi connectivity index (χ1) is 8.16. The maximum absolute atomic E-state index is 10.9. The van der Waals surface area contributed by atoms with Crippen LogP contribution < -0.4 is 0 Å². The van der Waals surface area contributed by atoms with Gasteiger partial charge in [-0.15, -0.1) is 0 Å². The summed E-state index contributed by atoms with van der Waals surface area (Å²) in [5.74, 6) is -1.24. The van der Waals surface area contributed by atoms with E-state index in [1.54, 1.807) is 12.1 Å². The van der Waals surface area contributed by atoms with Crippen LogP contribution in [-0.2, 0) is 6.42 Å². The molecule has 0 aromatic heterocycles. The molecule has 4 heteroatoms. The third kappa shape index (κ3) is 2.97. The number of hydrogen-bond donors (Lipinski definition) is 2. The zero-order valence-electron chi connectivity index (χ0n) is 9.72. The Kier molecular flexibility index (Phi) is 3.64. The lowest BCUT2D eigenvalue weighted by Gasteiger charge is -2.14. The highest BCUT2D eigenvalue weighted by atomic mass is 16.4. The van der Waals surface area contributed by atoms with Gasteiger partial charge in [0.25, 0.3) is 0 Å². The average molecular weight is 235 g/mol. The van der Waals surface area contributed by atoms with Crippen LogP contribution in [0, 0.1) is 0 Å². The molecule has 1 fully saturated rings. The summed E-state index contributed by atoms with van der Waals surface area (Å²) >= 11 is 0. The molecule has 1 heterocycles. The maximum atomic E-state index is 10.9. The van der Waals surface area contributed by atoms with Crippen molar-refractivity contribution >= 4 is 5.97 Å². The van der Waals surface area contributed by atoms with Crippen LogP contribution in [-0.4, -0.2) is 40.7 Å². The minimum atomic E-state index is -1.08. The Morgan fingerprint density at radius 1 is 1.29 bits per heavy atom. The number of nitrogens with zero attached hydrogens (tertiary/aromatic N) is 1. The summed E-state index contributed by atoms with van der Waals surface area (Å²) in [7, 11) is 0. The number of carboxylic acid groups (broad SMARTS) is 1. The van der Waals surface area contributed by atoms with Crippen molar-refractivity contribution in [3.8, 4) is 5.75 Å². The fourth-order valence-electron chi connectivity index (χ4n) is 2.20. The maximum Gasteiger partial charge on any atom is 0.339 e. The van der Waals surface area contributed by atoms with Gasteiger partial charge in [0.1, 0.15) is 11.3 Å². The van der Waals surface area contributed by atoms with Crippen LogP contribution in [0.5, 0.6) is 5.75 Å². The van der Waals surface area contributed by atoms with Gasteiger partial charge in [-0.25, -0.2) is 4.79 Å². The molecule has 0 spiro atoms. The Morgan fingerprint density at radius 3 is 2.65 bits per heavy atom. The number of likely N-dealkylation sites (tertiary alicyclic amines) is 1. The molecule has 1 aromatic carbocycles.